The van der Waals surface area contributed by atoms with Crippen LogP contribution in [-0.2, 0) is 0 Å². The van der Waals surface area contributed by atoms with Crippen LogP contribution >= 0.6 is 0 Å². The smallest absolute Gasteiger partial charge is 0.255 e. The number of ether oxygens (including phenoxy) is 1. The number of methoxy groups -OCH3 is 1. The summed E-state index contributed by atoms with van der Waals surface area (Å²) in [5.74, 6) is 1.02. The van der Waals surface area contributed by atoms with Crippen molar-refractivity contribution >= 4 is 11.8 Å². The molecule has 0 bridgehead atoms. The maximum absolute atomic E-state index is 13.7. The van der Waals surface area contributed by atoms with Crippen LogP contribution in [0.1, 0.15) is 83.0 Å². The summed E-state index contributed by atoms with van der Waals surface area (Å²) in [6, 6.07) is 11.9. The minimum Gasteiger partial charge on any atom is -0.497 e. The molecule has 5 rings (SSSR count). The molecule has 2 amide bonds. The van der Waals surface area contributed by atoms with E-state index in [9.17, 15) is 9.59 Å². The summed E-state index contributed by atoms with van der Waals surface area (Å²) in [4.78, 5) is 38.2. The SMILES string of the molecule is COc1cccc(C(=O)N2CCC(c3nc(C)ccc3C(=O)N3CCC(N4CCCCC4)CC3)CC2)c1. The highest BCUT2D eigenvalue weighted by Crippen LogP contribution is 2.32. The molecule has 1 aromatic heterocycles. The summed E-state index contributed by atoms with van der Waals surface area (Å²) in [5, 5.41) is 0. The molecular weight excluding hydrogens is 464 g/mol. The first-order valence-electron chi connectivity index (χ1n) is 14.0. The average Bonchev–Trinajstić information content (AvgIpc) is 2.97. The molecule has 0 atom stereocenters. The summed E-state index contributed by atoms with van der Waals surface area (Å²) < 4.78 is 5.28. The monoisotopic (exact) mass is 504 g/mol. The minimum absolute atomic E-state index is 0.0300. The number of hydrogen-bond donors (Lipinski definition) is 0. The fourth-order valence-electron chi connectivity index (χ4n) is 6.25. The second-order valence-corrected chi connectivity index (χ2v) is 10.8. The van der Waals surface area contributed by atoms with Gasteiger partial charge >= 0.3 is 0 Å². The number of pyridine rings is 1. The number of carbonyl (C=O) groups is 2. The van der Waals surface area contributed by atoms with Crippen molar-refractivity contribution in [3.8, 4) is 5.75 Å². The molecule has 37 heavy (non-hydrogen) atoms. The van der Waals surface area contributed by atoms with Gasteiger partial charge < -0.3 is 19.4 Å². The van der Waals surface area contributed by atoms with Crippen molar-refractivity contribution in [2.75, 3.05) is 46.4 Å². The zero-order chi connectivity index (χ0) is 25.8. The Labute approximate surface area is 220 Å². The molecule has 3 fully saturated rings. The first-order chi connectivity index (χ1) is 18.0. The first kappa shape index (κ1) is 25.7. The topological polar surface area (TPSA) is 66.0 Å². The van der Waals surface area contributed by atoms with Crippen LogP contribution in [0.5, 0.6) is 5.75 Å². The second kappa shape index (κ2) is 11.6. The number of rotatable bonds is 5. The number of aryl methyl sites for hydroxylation is 1. The third kappa shape index (κ3) is 5.82. The van der Waals surface area contributed by atoms with Gasteiger partial charge in [-0.15, -0.1) is 0 Å². The van der Waals surface area contributed by atoms with E-state index in [1.807, 2.05) is 47.1 Å². The van der Waals surface area contributed by atoms with Crippen molar-refractivity contribution in [1.82, 2.24) is 19.7 Å². The van der Waals surface area contributed by atoms with Gasteiger partial charge in [-0.25, -0.2) is 0 Å². The van der Waals surface area contributed by atoms with Gasteiger partial charge in [-0.3, -0.25) is 14.6 Å². The molecule has 7 nitrogen and oxygen atoms in total. The molecule has 0 radical (unpaired) electrons. The zero-order valence-corrected chi connectivity index (χ0v) is 22.3. The van der Waals surface area contributed by atoms with E-state index in [-0.39, 0.29) is 17.7 Å². The van der Waals surface area contributed by atoms with Gasteiger partial charge in [0.1, 0.15) is 5.75 Å². The highest BCUT2D eigenvalue weighted by molar-refractivity contribution is 5.96. The van der Waals surface area contributed by atoms with E-state index in [2.05, 4.69) is 4.90 Å². The molecule has 7 heteroatoms. The molecule has 2 aromatic rings. The Morgan fingerprint density at radius 3 is 2.22 bits per heavy atom. The van der Waals surface area contributed by atoms with Crippen LogP contribution in [0.3, 0.4) is 0 Å². The lowest BCUT2D eigenvalue weighted by Gasteiger charge is -2.40. The molecule has 3 saturated heterocycles. The lowest BCUT2D eigenvalue weighted by Crippen LogP contribution is -2.48. The summed E-state index contributed by atoms with van der Waals surface area (Å²) >= 11 is 0. The van der Waals surface area contributed by atoms with Gasteiger partial charge in [0.2, 0.25) is 0 Å². The van der Waals surface area contributed by atoms with Crippen molar-refractivity contribution in [3.63, 3.8) is 0 Å². The maximum atomic E-state index is 13.7. The van der Waals surface area contributed by atoms with Crippen LogP contribution in [0.15, 0.2) is 36.4 Å². The number of amides is 2. The van der Waals surface area contributed by atoms with E-state index in [1.54, 1.807) is 13.2 Å². The molecule has 4 heterocycles. The molecule has 0 saturated carbocycles. The van der Waals surface area contributed by atoms with E-state index < -0.39 is 0 Å². The number of benzene rings is 1. The van der Waals surface area contributed by atoms with Gasteiger partial charge in [0.15, 0.2) is 0 Å². The van der Waals surface area contributed by atoms with Crippen molar-refractivity contribution < 1.29 is 14.3 Å². The van der Waals surface area contributed by atoms with E-state index in [0.29, 0.717) is 30.4 Å². The zero-order valence-electron chi connectivity index (χ0n) is 22.3. The van der Waals surface area contributed by atoms with Gasteiger partial charge in [0.05, 0.1) is 18.4 Å². The van der Waals surface area contributed by atoms with E-state index in [4.69, 9.17) is 9.72 Å². The minimum atomic E-state index is 0.0300. The number of likely N-dealkylation sites (tertiary alicyclic amines) is 3. The summed E-state index contributed by atoms with van der Waals surface area (Å²) in [6.07, 6.45) is 7.71. The van der Waals surface area contributed by atoms with E-state index in [0.717, 1.165) is 55.7 Å². The largest absolute Gasteiger partial charge is 0.497 e. The molecule has 3 aliphatic heterocycles. The van der Waals surface area contributed by atoms with Gasteiger partial charge in [0.25, 0.3) is 11.8 Å². The van der Waals surface area contributed by atoms with E-state index >= 15 is 0 Å². The molecule has 0 N–H and O–H groups in total. The molecule has 0 aliphatic carbocycles. The quantitative estimate of drug-likeness (QED) is 0.600. The summed E-state index contributed by atoms with van der Waals surface area (Å²) in [5.41, 5.74) is 3.25. The van der Waals surface area contributed by atoms with Gasteiger partial charge in [0, 0.05) is 49.4 Å². The highest BCUT2D eigenvalue weighted by atomic mass is 16.5. The van der Waals surface area contributed by atoms with Crippen LogP contribution in [0.25, 0.3) is 0 Å². The fraction of sp³-hybridized carbons (Fsp3) is 0.567. The van der Waals surface area contributed by atoms with Crippen LogP contribution in [-0.4, -0.2) is 83.9 Å². The Balaban J connectivity index is 1.23. The van der Waals surface area contributed by atoms with Crippen molar-refractivity contribution in [2.45, 2.75) is 63.8 Å². The van der Waals surface area contributed by atoms with Gasteiger partial charge in [-0.1, -0.05) is 12.5 Å². The predicted octanol–water partition coefficient (Wildman–Crippen LogP) is 4.51. The first-order valence-corrected chi connectivity index (χ1v) is 14.0. The molecule has 0 unspecified atom stereocenters. The third-order valence-electron chi connectivity index (χ3n) is 8.44. The molecule has 1 aromatic carbocycles. The van der Waals surface area contributed by atoms with Crippen molar-refractivity contribution in [1.29, 1.82) is 0 Å². The Morgan fingerprint density at radius 2 is 1.51 bits per heavy atom. The lowest BCUT2D eigenvalue weighted by atomic mass is 9.89. The normalized spacial score (nSPS) is 20.2. The van der Waals surface area contributed by atoms with Crippen LogP contribution in [0.4, 0.5) is 0 Å². The van der Waals surface area contributed by atoms with Gasteiger partial charge in [-0.05, 0) is 88.9 Å². The molecule has 3 aliphatic rings. The molecule has 198 valence electrons. The lowest BCUT2D eigenvalue weighted by molar-refractivity contribution is 0.0585. The number of hydrogen-bond acceptors (Lipinski definition) is 5. The fourth-order valence-corrected chi connectivity index (χ4v) is 6.25. The van der Waals surface area contributed by atoms with Crippen LogP contribution < -0.4 is 4.74 Å². The number of piperidine rings is 3. The Morgan fingerprint density at radius 1 is 0.838 bits per heavy atom. The Bertz CT molecular complexity index is 1100. The van der Waals surface area contributed by atoms with Gasteiger partial charge in [-0.2, -0.15) is 0 Å². The second-order valence-electron chi connectivity index (χ2n) is 10.8. The summed E-state index contributed by atoms with van der Waals surface area (Å²) in [6.45, 7) is 7.37. The average molecular weight is 505 g/mol. The van der Waals surface area contributed by atoms with Crippen molar-refractivity contribution in [2.24, 2.45) is 0 Å². The van der Waals surface area contributed by atoms with Crippen LogP contribution in [0, 0.1) is 6.92 Å². The number of nitrogens with zero attached hydrogens (tertiary/aromatic N) is 4. The standard InChI is InChI=1S/C30H40N4O3/c1-22-9-10-27(30(36)34-19-13-25(14-20-34)32-15-4-3-5-16-32)28(31-22)23-11-17-33(18-12-23)29(35)24-7-6-8-26(21-24)37-2/h6-10,21,23,25H,3-5,11-20H2,1-2H3. The number of aromatic nitrogens is 1. The Kier molecular flexibility index (Phi) is 8.08. The predicted molar refractivity (Wildman–Crippen MR) is 144 cm³/mol. The highest BCUT2D eigenvalue weighted by Gasteiger charge is 2.32. The maximum Gasteiger partial charge on any atom is 0.255 e. The summed E-state index contributed by atoms with van der Waals surface area (Å²) in [7, 11) is 1.61. The van der Waals surface area contributed by atoms with Crippen molar-refractivity contribution in [3.05, 3.63) is 58.9 Å². The Hall–Kier alpha value is -2.93. The van der Waals surface area contributed by atoms with Crippen LogP contribution in [0.2, 0.25) is 0 Å². The molecule has 0 spiro atoms. The van der Waals surface area contributed by atoms with E-state index in [1.165, 1.54) is 32.4 Å². The third-order valence-corrected chi connectivity index (χ3v) is 8.44. The molecular formula is C30H40N4O3. The number of carbonyl (C=O) groups excluding carboxylic acids is 2.